The highest BCUT2D eigenvalue weighted by Crippen LogP contribution is 2.21. The lowest BCUT2D eigenvalue weighted by Crippen LogP contribution is -2.14. The molecule has 0 aromatic carbocycles. The van der Waals surface area contributed by atoms with Crippen molar-refractivity contribution in [3.63, 3.8) is 0 Å². The standard InChI is InChI=1S/C8H10O3S2/c1-2-7(9)10-4-3-6-5-13-8(12)11-6/h2,6H,1,3-5H2. The molecule has 0 spiro atoms. The molecule has 0 aromatic heterocycles. The van der Waals surface area contributed by atoms with Gasteiger partial charge in [-0.15, -0.1) is 0 Å². The molecule has 0 radical (unpaired) electrons. The van der Waals surface area contributed by atoms with Crippen LogP contribution in [-0.4, -0.2) is 28.8 Å². The maximum Gasteiger partial charge on any atom is 0.330 e. The first-order valence-corrected chi connectivity index (χ1v) is 5.24. The number of rotatable bonds is 4. The van der Waals surface area contributed by atoms with Crippen LogP contribution in [0.1, 0.15) is 6.42 Å². The molecule has 1 heterocycles. The summed E-state index contributed by atoms with van der Waals surface area (Å²) in [5.74, 6) is 0.456. The number of esters is 1. The molecule has 5 heteroatoms. The van der Waals surface area contributed by atoms with Gasteiger partial charge in [-0.05, 0) is 12.2 Å². The molecule has 1 aliphatic rings. The summed E-state index contributed by atoms with van der Waals surface area (Å²) >= 11 is 6.36. The van der Waals surface area contributed by atoms with Gasteiger partial charge in [0.2, 0.25) is 4.38 Å². The largest absolute Gasteiger partial charge is 0.474 e. The van der Waals surface area contributed by atoms with Crippen molar-refractivity contribution in [2.45, 2.75) is 12.5 Å². The van der Waals surface area contributed by atoms with Crippen LogP contribution in [-0.2, 0) is 14.3 Å². The van der Waals surface area contributed by atoms with Crippen molar-refractivity contribution in [2.75, 3.05) is 12.4 Å². The van der Waals surface area contributed by atoms with Crippen LogP contribution in [0.25, 0.3) is 0 Å². The van der Waals surface area contributed by atoms with Gasteiger partial charge < -0.3 is 9.47 Å². The molecule has 1 aliphatic heterocycles. The third-order valence-electron chi connectivity index (χ3n) is 1.50. The number of thiocarbonyl (C=S) groups is 1. The minimum absolute atomic E-state index is 0.0927. The first-order valence-electron chi connectivity index (χ1n) is 3.85. The summed E-state index contributed by atoms with van der Waals surface area (Å²) in [5, 5.41) is 0. The van der Waals surface area contributed by atoms with E-state index in [1.807, 2.05) is 0 Å². The van der Waals surface area contributed by atoms with E-state index in [2.05, 4.69) is 6.58 Å². The van der Waals surface area contributed by atoms with E-state index in [1.54, 1.807) is 0 Å². The molecule has 0 amide bonds. The van der Waals surface area contributed by atoms with E-state index in [-0.39, 0.29) is 6.10 Å². The second-order valence-electron chi connectivity index (χ2n) is 2.46. The van der Waals surface area contributed by atoms with Gasteiger partial charge in [-0.1, -0.05) is 18.3 Å². The van der Waals surface area contributed by atoms with Gasteiger partial charge in [0, 0.05) is 18.2 Å². The van der Waals surface area contributed by atoms with Crippen LogP contribution in [0, 0.1) is 0 Å². The van der Waals surface area contributed by atoms with E-state index in [4.69, 9.17) is 21.7 Å². The van der Waals surface area contributed by atoms with Gasteiger partial charge in [0.15, 0.2) is 0 Å². The summed E-state index contributed by atoms with van der Waals surface area (Å²) in [4.78, 5) is 10.6. The zero-order valence-corrected chi connectivity index (χ0v) is 8.66. The molecule has 0 saturated carbocycles. The molecule has 1 fully saturated rings. The third kappa shape index (κ3) is 3.78. The van der Waals surface area contributed by atoms with Crippen molar-refractivity contribution in [1.82, 2.24) is 0 Å². The van der Waals surface area contributed by atoms with Crippen molar-refractivity contribution in [3.05, 3.63) is 12.7 Å². The fourth-order valence-electron chi connectivity index (χ4n) is 0.857. The molecule has 0 aromatic rings. The summed E-state index contributed by atoms with van der Waals surface area (Å²) in [6, 6.07) is 0. The van der Waals surface area contributed by atoms with Gasteiger partial charge in [-0.2, -0.15) is 0 Å². The number of hydrogen-bond acceptors (Lipinski definition) is 5. The van der Waals surface area contributed by atoms with Gasteiger partial charge in [-0.25, -0.2) is 4.79 Å². The third-order valence-corrected chi connectivity index (χ3v) is 2.82. The maximum atomic E-state index is 10.6. The lowest BCUT2D eigenvalue weighted by atomic mass is 10.3. The van der Waals surface area contributed by atoms with E-state index in [0.717, 1.165) is 11.8 Å². The zero-order chi connectivity index (χ0) is 9.68. The van der Waals surface area contributed by atoms with Gasteiger partial charge in [0.05, 0.1) is 6.61 Å². The number of thioether (sulfide) groups is 1. The molecule has 1 unspecified atom stereocenters. The molecule has 1 saturated heterocycles. The maximum absolute atomic E-state index is 10.6. The SMILES string of the molecule is C=CC(=O)OCCC1CSC(=S)O1. The Labute approximate surface area is 86.5 Å². The molecule has 0 N–H and O–H groups in total. The smallest absolute Gasteiger partial charge is 0.330 e. The summed E-state index contributed by atoms with van der Waals surface area (Å²) in [6.45, 7) is 3.65. The number of hydrogen-bond donors (Lipinski definition) is 0. The van der Waals surface area contributed by atoms with Gasteiger partial charge in [-0.3, -0.25) is 0 Å². The van der Waals surface area contributed by atoms with Crippen molar-refractivity contribution in [1.29, 1.82) is 0 Å². The van der Waals surface area contributed by atoms with E-state index in [9.17, 15) is 4.79 Å². The van der Waals surface area contributed by atoms with E-state index in [0.29, 0.717) is 17.4 Å². The Morgan fingerprint density at radius 3 is 3.23 bits per heavy atom. The molecule has 1 atom stereocenters. The molecule has 13 heavy (non-hydrogen) atoms. The summed E-state index contributed by atoms with van der Waals surface area (Å²) in [6.07, 6.45) is 1.93. The average molecular weight is 218 g/mol. The summed E-state index contributed by atoms with van der Waals surface area (Å²) < 4.78 is 10.6. The lowest BCUT2D eigenvalue weighted by molar-refractivity contribution is -0.138. The Balaban J connectivity index is 2.09. The van der Waals surface area contributed by atoms with Crippen molar-refractivity contribution < 1.29 is 14.3 Å². The minimum Gasteiger partial charge on any atom is -0.474 e. The first kappa shape index (κ1) is 10.5. The van der Waals surface area contributed by atoms with E-state index in [1.165, 1.54) is 11.8 Å². The van der Waals surface area contributed by atoms with Crippen LogP contribution >= 0.6 is 24.0 Å². The predicted octanol–water partition coefficient (Wildman–Crippen LogP) is 1.52. The fourth-order valence-corrected chi connectivity index (χ4v) is 1.96. The Hall–Kier alpha value is -0.550. The van der Waals surface area contributed by atoms with Crippen LogP contribution in [0.15, 0.2) is 12.7 Å². The van der Waals surface area contributed by atoms with Crippen LogP contribution in [0.5, 0.6) is 0 Å². The normalized spacial score (nSPS) is 20.9. The molecule has 3 nitrogen and oxygen atoms in total. The monoisotopic (exact) mass is 218 g/mol. The van der Waals surface area contributed by atoms with Gasteiger partial charge >= 0.3 is 5.97 Å². The average Bonchev–Trinajstić information content (AvgIpc) is 2.51. The van der Waals surface area contributed by atoms with Crippen LogP contribution in [0.3, 0.4) is 0 Å². The number of carbonyl (C=O) groups is 1. The Morgan fingerprint density at radius 1 is 1.92 bits per heavy atom. The summed E-state index contributed by atoms with van der Waals surface area (Å²) in [7, 11) is 0. The first-order chi connectivity index (χ1) is 6.22. The topological polar surface area (TPSA) is 35.5 Å². The highest BCUT2D eigenvalue weighted by Gasteiger charge is 2.20. The quantitative estimate of drug-likeness (QED) is 0.406. The molecular weight excluding hydrogens is 208 g/mol. The molecule has 0 aliphatic carbocycles. The Morgan fingerprint density at radius 2 is 2.69 bits per heavy atom. The zero-order valence-electron chi connectivity index (χ0n) is 7.02. The van der Waals surface area contributed by atoms with Gasteiger partial charge in [0.25, 0.3) is 0 Å². The van der Waals surface area contributed by atoms with Crippen LogP contribution in [0.2, 0.25) is 0 Å². The van der Waals surface area contributed by atoms with Crippen molar-refractivity contribution in [3.8, 4) is 0 Å². The van der Waals surface area contributed by atoms with Crippen LogP contribution in [0.4, 0.5) is 0 Å². The molecule has 0 bridgehead atoms. The van der Waals surface area contributed by atoms with Crippen molar-refractivity contribution in [2.24, 2.45) is 0 Å². The molecule has 72 valence electrons. The molecular formula is C8H10O3S2. The Kier molecular flexibility index (Phi) is 4.24. The van der Waals surface area contributed by atoms with Crippen molar-refractivity contribution >= 4 is 34.3 Å². The number of ether oxygens (including phenoxy) is 2. The second kappa shape index (κ2) is 5.24. The van der Waals surface area contributed by atoms with E-state index >= 15 is 0 Å². The molecule has 1 rings (SSSR count). The Bertz CT molecular complexity index is 227. The summed E-state index contributed by atoms with van der Waals surface area (Å²) in [5.41, 5.74) is 0. The highest BCUT2D eigenvalue weighted by atomic mass is 32.2. The van der Waals surface area contributed by atoms with Crippen LogP contribution < -0.4 is 0 Å². The predicted molar refractivity (Wildman–Crippen MR) is 55.7 cm³/mol. The second-order valence-corrected chi connectivity index (χ2v) is 4.08. The number of carbonyl (C=O) groups excluding carboxylic acids is 1. The van der Waals surface area contributed by atoms with E-state index < -0.39 is 5.97 Å². The lowest BCUT2D eigenvalue weighted by Gasteiger charge is -2.07. The van der Waals surface area contributed by atoms with Gasteiger partial charge in [0.1, 0.15) is 6.10 Å². The fraction of sp³-hybridized carbons (Fsp3) is 0.500. The highest BCUT2D eigenvalue weighted by molar-refractivity contribution is 8.22. The minimum atomic E-state index is -0.395.